The number of nitrogens with zero attached hydrogens (tertiary/aromatic N) is 4. The molecule has 7 nitrogen and oxygen atoms in total. The second-order valence-corrected chi connectivity index (χ2v) is 8.63. The van der Waals surface area contributed by atoms with E-state index in [0.717, 1.165) is 31.5 Å². The van der Waals surface area contributed by atoms with E-state index < -0.39 is 0 Å². The van der Waals surface area contributed by atoms with Crippen molar-refractivity contribution in [3.8, 4) is 11.3 Å². The maximum Gasteiger partial charge on any atom is 0.259 e. The van der Waals surface area contributed by atoms with Crippen LogP contribution in [-0.4, -0.2) is 39.2 Å². The van der Waals surface area contributed by atoms with Crippen molar-refractivity contribution in [3.05, 3.63) is 52.3 Å². The first-order valence-corrected chi connectivity index (χ1v) is 10.8. The van der Waals surface area contributed by atoms with Crippen molar-refractivity contribution in [1.82, 2.24) is 20.2 Å². The maximum absolute atomic E-state index is 13.4. The van der Waals surface area contributed by atoms with Crippen LogP contribution in [0.4, 0.5) is 0 Å². The highest BCUT2D eigenvalue weighted by Gasteiger charge is 2.32. The van der Waals surface area contributed by atoms with Crippen LogP contribution in [0.5, 0.6) is 0 Å². The van der Waals surface area contributed by atoms with Gasteiger partial charge in [-0.15, -0.1) is 0 Å². The summed E-state index contributed by atoms with van der Waals surface area (Å²) in [4.78, 5) is 19.8. The predicted octanol–water partition coefficient (Wildman–Crippen LogP) is 4.66. The van der Waals surface area contributed by atoms with Gasteiger partial charge in [-0.2, -0.15) is 4.98 Å². The van der Waals surface area contributed by atoms with Crippen molar-refractivity contribution in [3.63, 3.8) is 0 Å². The number of hydrogen-bond acceptors (Lipinski definition) is 6. The molecule has 30 heavy (non-hydrogen) atoms. The predicted molar refractivity (Wildman–Crippen MR) is 110 cm³/mol. The average Bonchev–Trinajstić information content (AvgIpc) is 3.39. The van der Waals surface area contributed by atoms with Crippen LogP contribution >= 0.6 is 11.6 Å². The molecule has 3 heterocycles. The molecular formula is C22H23ClN4O3. The topological polar surface area (TPSA) is 85.3 Å². The Hall–Kier alpha value is -2.67. The number of carbonyl (C=O) groups excluding carboxylic acids is 1. The van der Waals surface area contributed by atoms with Crippen LogP contribution < -0.4 is 0 Å². The van der Waals surface area contributed by atoms with Gasteiger partial charge in [-0.05, 0) is 44.6 Å². The van der Waals surface area contributed by atoms with Crippen molar-refractivity contribution in [2.75, 3.05) is 13.1 Å². The molecule has 1 amide bonds. The Kier molecular flexibility index (Phi) is 5.06. The van der Waals surface area contributed by atoms with Crippen LogP contribution in [0.25, 0.3) is 11.3 Å². The summed E-state index contributed by atoms with van der Waals surface area (Å²) < 4.78 is 10.8. The zero-order valence-electron chi connectivity index (χ0n) is 16.8. The molecule has 1 aliphatic carbocycles. The standard InChI is InChI=1S/C22H23ClN4O3/c1-13-19(20(25-29-13)16-6-2-3-7-17(16)23)22(28)27-10-4-5-14(12-27)11-18-24-21(26-30-18)15-8-9-15/h2-3,6-7,14-15H,4-5,8-12H2,1H3/t14-/m0/s1. The molecule has 3 aromatic rings. The lowest BCUT2D eigenvalue weighted by Crippen LogP contribution is -2.40. The van der Waals surface area contributed by atoms with E-state index in [0.29, 0.717) is 64.8 Å². The highest BCUT2D eigenvalue weighted by molar-refractivity contribution is 6.33. The Balaban J connectivity index is 1.33. The highest BCUT2D eigenvalue weighted by Crippen LogP contribution is 2.38. The highest BCUT2D eigenvalue weighted by atomic mass is 35.5. The Morgan fingerprint density at radius 3 is 2.83 bits per heavy atom. The summed E-state index contributed by atoms with van der Waals surface area (Å²) in [6.45, 7) is 3.12. The maximum atomic E-state index is 13.4. The molecule has 0 unspecified atom stereocenters. The molecule has 2 fully saturated rings. The molecule has 8 heteroatoms. The number of likely N-dealkylation sites (tertiary alicyclic amines) is 1. The summed E-state index contributed by atoms with van der Waals surface area (Å²) in [5.41, 5.74) is 1.68. The fourth-order valence-electron chi connectivity index (χ4n) is 4.14. The molecule has 1 atom stereocenters. The van der Waals surface area contributed by atoms with Gasteiger partial charge in [0.15, 0.2) is 5.82 Å². The Bertz CT molecular complexity index is 1070. The summed E-state index contributed by atoms with van der Waals surface area (Å²) >= 11 is 6.34. The molecule has 1 saturated carbocycles. The second-order valence-electron chi connectivity index (χ2n) is 8.23. The van der Waals surface area contributed by atoms with Gasteiger partial charge in [0.2, 0.25) is 5.89 Å². The summed E-state index contributed by atoms with van der Waals surface area (Å²) in [6, 6.07) is 7.35. The van der Waals surface area contributed by atoms with Crippen molar-refractivity contribution >= 4 is 17.5 Å². The fourth-order valence-corrected chi connectivity index (χ4v) is 4.37. The molecule has 0 spiro atoms. The van der Waals surface area contributed by atoms with E-state index in [2.05, 4.69) is 15.3 Å². The van der Waals surface area contributed by atoms with E-state index >= 15 is 0 Å². The van der Waals surface area contributed by atoms with Crippen molar-refractivity contribution < 1.29 is 13.8 Å². The third kappa shape index (κ3) is 3.74. The molecule has 5 rings (SSSR count). The lowest BCUT2D eigenvalue weighted by molar-refractivity contribution is 0.0667. The number of piperidine rings is 1. The average molecular weight is 427 g/mol. The van der Waals surface area contributed by atoms with Crippen molar-refractivity contribution in [1.29, 1.82) is 0 Å². The minimum atomic E-state index is -0.0717. The normalized spacial score (nSPS) is 19.3. The number of benzene rings is 1. The summed E-state index contributed by atoms with van der Waals surface area (Å²) in [5.74, 6) is 2.71. The van der Waals surface area contributed by atoms with Gasteiger partial charge >= 0.3 is 0 Å². The monoisotopic (exact) mass is 426 g/mol. The van der Waals surface area contributed by atoms with Crippen LogP contribution in [0.2, 0.25) is 5.02 Å². The van der Waals surface area contributed by atoms with Gasteiger partial charge in [0.1, 0.15) is 17.0 Å². The van der Waals surface area contributed by atoms with E-state index in [-0.39, 0.29) is 5.91 Å². The SMILES string of the molecule is Cc1onc(-c2ccccc2Cl)c1C(=O)N1CCC[C@@H](Cc2nc(C3CC3)no2)C1. The van der Waals surface area contributed by atoms with E-state index in [9.17, 15) is 4.79 Å². The van der Waals surface area contributed by atoms with Crippen LogP contribution in [0.15, 0.2) is 33.3 Å². The molecule has 1 aliphatic heterocycles. The van der Waals surface area contributed by atoms with Crippen LogP contribution in [0.3, 0.4) is 0 Å². The van der Waals surface area contributed by atoms with Gasteiger partial charge in [0, 0.05) is 31.0 Å². The number of carbonyl (C=O) groups is 1. The number of aromatic nitrogens is 3. The van der Waals surface area contributed by atoms with Gasteiger partial charge in [-0.3, -0.25) is 4.79 Å². The minimum Gasteiger partial charge on any atom is -0.360 e. The molecule has 2 aliphatic rings. The summed E-state index contributed by atoms with van der Waals surface area (Å²) in [6.07, 6.45) is 4.97. The molecule has 0 bridgehead atoms. The smallest absolute Gasteiger partial charge is 0.259 e. The van der Waals surface area contributed by atoms with Gasteiger partial charge in [0.25, 0.3) is 5.91 Å². The van der Waals surface area contributed by atoms with Crippen molar-refractivity contribution in [2.45, 2.75) is 44.9 Å². The van der Waals surface area contributed by atoms with Crippen LogP contribution in [-0.2, 0) is 6.42 Å². The number of hydrogen-bond donors (Lipinski definition) is 0. The van der Waals surface area contributed by atoms with E-state index in [4.69, 9.17) is 20.6 Å². The number of amides is 1. The van der Waals surface area contributed by atoms with Gasteiger partial charge in [-0.25, -0.2) is 0 Å². The molecule has 0 radical (unpaired) electrons. The molecule has 2 aromatic heterocycles. The molecule has 0 N–H and O–H groups in total. The second kappa shape index (κ2) is 7.87. The van der Waals surface area contributed by atoms with E-state index in [1.165, 1.54) is 0 Å². The molecule has 156 valence electrons. The Morgan fingerprint density at radius 2 is 2.03 bits per heavy atom. The van der Waals surface area contributed by atoms with Crippen LogP contribution in [0.1, 0.15) is 59.4 Å². The fraction of sp³-hybridized carbons (Fsp3) is 0.455. The summed E-state index contributed by atoms with van der Waals surface area (Å²) in [5, 5.41) is 8.78. The summed E-state index contributed by atoms with van der Waals surface area (Å²) in [7, 11) is 0. The first-order valence-electron chi connectivity index (χ1n) is 10.4. The largest absolute Gasteiger partial charge is 0.360 e. The molecule has 1 saturated heterocycles. The van der Waals surface area contributed by atoms with Crippen LogP contribution in [0, 0.1) is 12.8 Å². The Morgan fingerprint density at radius 1 is 1.20 bits per heavy atom. The lowest BCUT2D eigenvalue weighted by atomic mass is 9.94. The number of aryl methyl sites for hydroxylation is 1. The zero-order valence-corrected chi connectivity index (χ0v) is 17.6. The minimum absolute atomic E-state index is 0.0717. The quantitative estimate of drug-likeness (QED) is 0.589. The van der Waals surface area contributed by atoms with E-state index in [1.54, 1.807) is 13.0 Å². The third-order valence-electron chi connectivity index (χ3n) is 5.90. The number of halogens is 1. The van der Waals surface area contributed by atoms with Gasteiger partial charge < -0.3 is 13.9 Å². The first kappa shape index (κ1) is 19.3. The van der Waals surface area contributed by atoms with Crippen molar-refractivity contribution in [2.24, 2.45) is 5.92 Å². The third-order valence-corrected chi connectivity index (χ3v) is 6.23. The molecule has 1 aromatic carbocycles. The molecular weight excluding hydrogens is 404 g/mol. The van der Waals surface area contributed by atoms with E-state index in [1.807, 2.05) is 23.1 Å². The van der Waals surface area contributed by atoms with Gasteiger partial charge in [0.05, 0.1) is 5.02 Å². The van der Waals surface area contributed by atoms with Gasteiger partial charge in [-0.1, -0.05) is 40.1 Å². The first-order chi connectivity index (χ1) is 14.6. The lowest BCUT2D eigenvalue weighted by Gasteiger charge is -2.32. The Labute approximate surface area is 179 Å². The number of rotatable bonds is 5. The zero-order chi connectivity index (χ0) is 20.7.